The van der Waals surface area contributed by atoms with Crippen molar-refractivity contribution in [3.63, 3.8) is 0 Å². The first-order chi connectivity index (χ1) is 9.38. The van der Waals surface area contributed by atoms with E-state index in [1.54, 1.807) is 0 Å². The highest BCUT2D eigenvalue weighted by Gasteiger charge is 2.24. The van der Waals surface area contributed by atoms with Crippen molar-refractivity contribution in [2.75, 3.05) is 6.61 Å². The minimum atomic E-state index is -3.93. The highest BCUT2D eigenvalue weighted by Crippen LogP contribution is 2.27. The molecule has 0 aromatic carbocycles. The summed E-state index contributed by atoms with van der Waals surface area (Å²) in [6.45, 7) is 0.335. The molecule has 0 atom stereocenters. The largest absolute Gasteiger partial charge is 0.460 e. The molecule has 0 unspecified atom stereocenters. The van der Waals surface area contributed by atoms with E-state index in [-0.39, 0.29) is 15.3 Å². The fourth-order valence-corrected chi connectivity index (χ4v) is 3.77. The van der Waals surface area contributed by atoms with Gasteiger partial charge in [-0.2, -0.15) is 0 Å². The molecule has 20 heavy (non-hydrogen) atoms. The summed E-state index contributed by atoms with van der Waals surface area (Å²) in [4.78, 5) is 11.5. The number of nitrogens with two attached hydrogens (primary N) is 1. The SMILES string of the molecule is NS(=O)(=O)c1cc(C(=O)OCC2CCCCC2)oc1Br. The highest BCUT2D eigenvalue weighted by atomic mass is 79.9. The maximum Gasteiger partial charge on any atom is 0.374 e. The molecule has 0 radical (unpaired) electrons. The van der Waals surface area contributed by atoms with Gasteiger partial charge in [-0.05, 0) is 34.7 Å². The maximum atomic E-state index is 11.8. The van der Waals surface area contributed by atoms with Crippen LogP contribution in [0.25, 0.3) is 0 Å². The van der Waals surface area contributed by atoms with Crippen molar-refractivity contribution in [3.8, 4) is 0 Å². The molecule has 112 valence electrons. The van der Waals surface area contributed by atoms with Crippen LogP contribution in [0.5, 0.6) is 0 Å². The van der Waals surface area contributed by atoms with Gasteiger partial charge in [-0.1, -0.05) is 19.3 Å². The minimum Gasteiger partial charge on any atom is -0.460 e. The molecule has 0 amide bonds. The Hall–Kier alpha value is -0.860. The Labute approximate surface area is 125 Å². The zero-order chi connectivity index (χ0) is 14.8. The summed E-state index contributed by atoms with van der Waals surface area (Å²) >= 11 is 2.92. The van der Waals surface area contributed by atoms with Crippen LogP contribution in [0.1, 0.15) is 42.7 Å². The molecule has 1 aliphatic rings. The number of halogens is 1. The van der Waals surface area contributed by atoms with E-state index in [1.165, 1.54) is 6.42 Å². The van der Waals surface area contributed by atoms with Gasteiger partial charge < -0.3 is 9.15 Å². The van der Waals surface area contributed by atoms with Crippen molar-refractivity contribution < 1.29 is 22.4 Å². The van der Waals surface area contributed by atoms with Crippen LogP contribution in [-0.4, -0.2) is 21.0 Å². The Morgan fingerprint density at radius 3 is 2.60 bits per heavy atom. The topological polar surface area (TPSA) is 99.6 Å². The zero-order valence-corrected chi connectivity index (χ0v) is 13.2. The van der Waals surface area contributed by atoms with E-state index >= 15 is 0 Å². The number of hydrogen-bond donors (Lipinski definition) is 1. The average Bonchev–Trinajstić information content (AvgIpc) is 2.79. The van der Waals surface area contributed by atoms with Crippen LogP contribution in [0.2, 0.25) is 0 Å². The van der Waals surface area contributed by atoms with Gasteiger partial charge in [0.2, 0.25) is 15.8 Å². The molecular weight excluding hydrogens is 350 g/mol. The molecule has 1 saturated carbocycles. The summed E-state index contributed by atoms with van der Waals surface area (Å²) in [5, 5.41) is 4.99. The molecular formula is C12H16BrNO5S. The van der Waals surface area contributed by atoms with Crippen LogP contribution in [0.15, 0.2) is 20.0 Å². The molecule has 2 rings (SSSR count). The fourth-order valence-electron chi connectivity index (χ4n) is 2.27. The van der Waals surface area contributed by atoms with Gasteiger partial charge in [0.05, 0.1) is 6.61 Å². The lowest BCUT2D eigenvalue weighted by molar-refractivity contribution is 0.0373. The van der Waals surface area contributed by atoms with E-state index in [0.29, 0.717) is 12.5 Å². The molecule has 0 spiro atoms. The Morgan fingerprint density at radius 2 is 2.05 bits per heavy atom. The zero-order valence-electron chi connectivity index (χ0n) is 10.8. The summed E-state index contributed by atoms with van der Waals surface area (Å²) < 4.78 is 32.6. The molecule has 8 heteroatoms. The lowest BCUT2D eigenvalue weighted by Gasteiger charge is -2.20. The third kappa shape index (κ3) is 3.83. The van der Waals surface area contributed by atoms with E-state index in [2.05, 4.69) is 15.9 Å². The fraction of sp³-hybridized carbons (Fsp3) is 0.583. The third-order valence-electron chi connectivity index (χ3n) is 3.34. The molecule has 1 aromatic heterocycles. The predicted molar refractivity (Wildman–Crippen MR) is 74.6 cm³/mol. The standard InChI is InChI=1S/C12H16BrNO5S/c13-11-10(20(14,16)17)6-9(19-11)12(15)18-7-8-4-2-1-3-5-8/h6,8H,1-5,7H2,(H2,14,16,17). The van der Waals surface area contributed by atoms with Crippen molar-refractivity contribution in [2.45, 2.75) is 37.0 Å². The number of esters is 1. The number of sulfonamides is 1. The van der Waals surface area contributed by atoms with Crippen LogP contribution in [0.4, 0.5) is 0 Å². The number of carbonyl (C=O) groups is 1. The second-order valence-corrected chi connectivity index (χ2v) is 7.15. The molecule has 0 saturated heterocycles. The summed E-state index contributed by atoms with van der Waals surface area (Å²) in [6, 6.07) is 1.07. The van der Waals surface area contributed by atoms with Crippen molar-refractivity contribution in [3.05, 3.63) is 16.5 Å². The van der Waals surface area contributed by atoms with Gasteiger partial charge in [-0.15, -0.1) is 0 Å². The quantitative estimate of drug-likeness (QED) is 0.825. The Kier molecular flexibility index (Phi) is 4.87. The molecule has 1 fully saturated rings. The number of hydrogen-bond acceptors (Lipinski definition) is 5. The van der Waals surface area contributed by atoms with Crippen LogP contribution in [0.3, 0.4) is 0 Å². The second-order valence-electron chi connectivity index (χ2n) is 4.90. The van der Waals surface area contributed by atoms with Gasteiger partial charge in [-0.3, -0.25) is 0 Å². The number of furan rings is 1. The number of carbonyl (C=O) groups excluding carboxylic acids is 1. The maximum absolute atomic E-state index is 11.8. The Bertz CT molecular complexity index is 589. The van der Waals surface area contributed by atoms with Gasteiger partial charge in [0.1, 0.15) is 4.90 Å². The van der Waals surface area contributed by atoms with Crippen LogP contribution in [0, 0.1) is 5.92 Å². The van der Waals surface area contributed by atoms with E-state index in [1.807, 2.05) is 0 Å². The minimum absolute atomic E-state index is 0.0929. The van der Waals surface area contributed by atoms with Crippen LogP contribution < -0.4 is 5.14 Å². The molecule has 0 aliphatic heterocycles. The predicted octanol–water partition coefficient (Wildman–Crippen LogP) is 2.43. The second kappa shape index (κ2) is 6.28. The molecule has 6 nitrogen and oxygen atoms in total. The first-order valence-electron chi connectivity index (χ1n) is 6.37. The lowest BCUT2D eigenvalue weighted by Crippen LogP contribution is -2.16. The van der Waals surface area contributed by atoms with Crippen LogP contribution in [-0.2, 0) is 14.8 Å². The van der Waals surface area contributed by atoms with Crippen molar-refractivity contribution in [1.29, 1.82) is 0 Å². The number of primary sulfonamides is 1. The van der Waals surface area contributed by atoms with E-state index in [4.69, 9.17) is 14.3 Å². The molecule has 2 N–H and O–H groups in total. The summed E-state index contributed by atoms with van der Waals surface area (Å²) in [7, 11) is -3.93. The van der Waals surface area contributed by atoms with Gasteiger partial charge in [-0.25, -0.2) is 18.4 Å². The molecule has 1 heterocycles. The third-order valence-corrected chi connectivity index (χ3v) is 5.11. The number of rotatable bonds is 4. The smallest absolute Gasteiger partial charge is 0.374 e. The first kappa shape index (κ1) is 15.5. The summed E-state index contributed by atoms with van der Waals surface area (Å²) in [5.41, 5.74) is 0. The number of ether oxygens (including phenoxy) is 1. The molecule has 1 aliphatic carbocycles. The van der Waals surface area contributed by atoms with Gasteiger partial charge in [0, 0.05) is 6.07 Å². The average molecular weight is 366 g/mol. The normalized spacial score (nSPS) is 17.1. The van der Waals surface area contributed by atoms with Crippen LogP contribution >= 0.6 is 15.9 Å². The van der Waals surface area contributed by atoms with E-state index < -0.39 is 16.0 Å². The van der Waals surface area contributed by atoms with Crippen molar-refractivity contribution in [1.82, 2.24) is 0 Å². The monoisotopic (exact) mass is 365 g/mol. The van der Waals surface area contributed by atoms with Gasteiger partial charge in [0.25, 0.3) is 0 Å². The van der Waals surface area contributed by atoms with Gasteiger partial charge in [0.15, 0.2) is 4.67 Å². The summed E-state index contributed by atoms with van der Waals surface area (Å²) in [6.07, 6.45) is 5.65. The molecule has 1 aromatic rings. The highest BCUT2D eigenvalue weighted by molar-refractivity contribution is 9.10. The lowest BCUT2D eigenvalue weighted by atomic mass is 9.90. The summed E-state index contributed by atoms with van der Waals surface area (Å²) in [5.74, 6) is -0.466. The van der Waals surface area contributed by atoms with Gasteiger partial charge >= 0.3 is 5.97 Å². The first-order valence-corrected chi connectivity index (χ1v) is 8.71. The van der Waals surface area contributed by atoms with Crippen molar-refractivity contribution >= 4 is 31.9 Å². The van der Waals surface area contributed by atoms with E-state index in [0.717, 1.165) is 31.7 Å². The molecule has 0 bridgehead atoms. The van der Waals surface area contributed by atoms with Crippen molar-refractivity contribution in [2.24, 2.45) is 11.1 Å². The Morgan fingerprint density at radius 1 is 1.40 bits per heavy atom. The van der Waals surface area contributed by atoms with E-state index in [9.17, 15) is 13.2 Å². The Balaban J connectivity index is 1.99.